The summed E-state index contributed by atoms with van der Waals surface area (Å²) in [6.45, 7) is 1.92. The molecule has 0 spiro atoms. The molecule has 0 amide bonds. The number of furan rings is 1. The molecule has 2 heterocycles. The summed E-state index contributed by atoms with van der Waals surface area (Å²) in [4.78, 5) is 3.91. The quantitative estimate of drug-likeness (QED) is 0.556. The minimum atomic E-state index is -4.48. The van der Waals surface area contributed by atoms with Crippen LogP contribution in [0.15, 0.2) is 40.8 Å². The van der Waals surface area contributed by atoms with E-state index in [1.165, 1.54) is 0 Å². The number of benzene rings is 1. The van der Waals surface area contributed by atoms with Crippen molar-refractivity contribution in [3.8, 4) is 11.5 Å². The lowest BCUT2D eigenvalue weighted by Gasteiger charge is -2.07. The highest BCUT2D eigenvalue weighted by atomic mass is 35.5. The van der Waals surface area contributed by atoms with Crippen molar-refractivity contribution in [1.29, 1.82) is 0 Å². The van der Waals surface area contributed by atoms with Gasteiger partial charge in [0.1, 0.15) is 16.4 Å². The second-order valence-electron chi connectivity index (χ2n) is 4.71. The maximum Gasteiger partial charge on any atom is 0.416 e. The van der Waals surface area contributed by atoms with Gasteiger partial charge in [-0.05, 0) is 37.3 Å². The zero-order chi connectivity index (χ0) is 15.2. The number of rotatable bonds is 1. The summed E-state index contributed by atoms with van der Waals surface area (Å²) in [5.74, 6) is 0.253. The van der Waals surface area contributed by atoms with Crippen LogP contribution in [0.5, 0.6) is 0 Å². The number of nitrogens with zero attached hydrogens (tertiary/aromatic N) is 1. The van der Waals surface area contributed by atoms with Crippen LogP contribution in [0.25, 0.3) is 22.4 Å². The zero-order valence-corrected chi connectivity index (χ0v) is 11.6. The number of pyridine rings is 1. The summed E-state index contributed by atoms with van der Waals surface area (Å²) >= 11 is 5.68. The fourth-order valence-corrected chi connectivity index (χ4v) is 2.28. The van der Waals surface area contributed by atoms with Crippen LogP contribution < -0.4 is 0 Å². The Bertz CT molecular complexity index is 823. The number of fused-ring (bicyclic) bond motifs is 1. The van der Waals surface area contributed by atoms with E-state index in [9.17, 15) is 13.2 Å². The zero-order valence-electron chi connectivity index (χ0n) is 10.8. The normalized spacial score (nSPS) is 12.0. The van der Waals surface area contributed by atoms with Crippen molar-refractivity contribution >= 4 is 22.6 Å². The Morgan fingerprint density at radius 2 is 1.86 bits per heavy atom. The van der Waals surface area contributed by atoms with Gasteiger partial charge in [-0.3, -0.25) is 0 Å². The van der Waals surface area contributed by atoms with Crippen molar-refractivity contribution in [3.05, 3.63) is 52.7 Å². The summed E-state index contributed by atoms with van der Waals surface area (Å²) in [6, 6.07) is 8.89. The molecule has 0 N–H and O–H groups in total. The fraction of sp³-hybridized carbons (Fsp3) is 0.133. The molecule has 21 heavy (non-hydrogen) atoms. The average molecular weight is 312 g/mol. The van der Waals surface area contributed by atoms with E-state index in [1.54, 1.807) is 12.1 Å². The van der Waals surface area contributed by atoms with Gasteiger partial charge in [-0.15, -0.1) is 0 Å². The van der Waals surface area contributed by atoms with Gasteiger partial charge in [0.2, 0.25) is 0 Å². The lowest BCUT2D eigenvalue weighted by molar-refractivity contribution is -0.137. The smallest absolute Gasteiger partial charge is 0.416 e. The first kappa shape index (κ1) is 13.9. The summed E-state index contributed by atoms with van der Waals surface area (Å²) < 4.78 is 44.0. The first-order valence-corrected chi connectivity index (χ1v) is 6.46. The molecule has 2 aromatic heterocycles. The Balaban J connectivity index is 2.16. The number of aryl methyl sites for hydroxylation is 1. The van der Waals surface area contributed by atoms with Crippen LogP contribution in [0.3, 0.4) is 0 Å². The van der Waals surface area contributed by atoms with Crippen LogP contribution in [0.4, 0.5) is 13.2 Å². The first-order valence-electron chi connectivity index (χ1n) is 6.08. The third-order valence-electron chi connectivity index (χ3n) is 3.05. The van der Waals surface area contributed by atoms with Crippen LogP contribution in [-0.4, -0.2) is 4.98 Å². The molecule has 0 saturated heterocycles. The Morgan fingerprint density at radius 1 is 1.10 bits per heavy atom. The van der Waals surface area contributed by atoms with Crippen LogP contribution in [0, 0.1) is 6.92 Å². The SMILES string of the molecule is Cc1ccc2oc(-c3cc(C(F)(F)F)cc(Cl)n3)cc2c1. The topological polar surface area (TPSA) is 26.0 Å². The highest BCUT2D eigenvalue weighted by Gasteiger charge is 2.32. The van der Waals surface area contributed by atoms with Crippen LogP contribution in [0.2, 0.25) is 5.15 Å². The van der Waals surface area contributed by atoms with Gasteiger partial charge in [0.05, 0.1) is 5.56 Å². The Kier molecular flexibility index (Phi) is 3.17. The third kappa shape index (κ3) is 2.74. The standard InChI is InChI=1S/C15H9ClF3NO/c1-8-2-3-12-9(4-8)5-13(21-12)11-6-10(15(17,18)19)7-14(16)20-11/h2-7H,1H3. The summed E-state index contributed by atoms with van der Waals surface area (Å²) in [5.41, 5.74) is 0.827. The maximum absolute atomic E-state index is 12.8. The second kappa shape index (κ2) is 4.77. The van der Waals surface area contributed by atoms with Crippen molar-refractivity contribution in [3.63, 3.8) is 0 Å². The summed E-state index contributed by atoms with van der Waals surface area (Å²) in [5, 5.41) is 0.580. The third-order valence-corrected chi connectivity index (χ3v) is 3.24. The lowest BCUT2D eigenvalue weighted by Crippen LogP contribution is -2.05. The molecule has 1 aromatic carbocycles. The molecule has 3 aromatic rings. The molecule has 0 aliphatic carbocycles. The summed E-state index contributed by atoms with van der Waals surface area (Å²) in [7, 11) is 0. The van der Waals surface area contributed by atoms with Gasteiger partial charge in [0, 0.05) is 5.39 Å². The van der Waals surface area contributed by atoms with E-state index in [1.807, 2.05) is 19.1 Å². The van der Waals surface area contributed by atoms with Crippen molar-refractivity contribution in [1.82, 2.24) is 4.98 Å². The van der Waals surface area contributed by atoms with E-state index < -0.39 is 11.7 Å². The molecule has 6 heteroatoms. The molecule has 0 bridgehead atoms. The monoisotopic (exact) mass is 311 g/mol. The largest absolute Gasteiger partial charge is 0.454 e. The molecular formula is C15H9ClF3NO. The molecular weight excluding hydrogens is 303 g/mol. The van der Waals surface area contributed by atoms with Gasteiger partial charge in [0.25, 0.3) is 0 Å². The molecule has 0 fully saturated rings. The fourth-order valence-electron chi connectivity index (χ4n) is 2.08. The van der Waals surface area contributed by atoms with Crippen molar-refractivity contribution in [2.75, 3.05) is 0 Å². The highest BCUT2D eigenvalue weighted by Crippen LogP contribution is 2.34. The van der Waals surface area contributed by atoms with Crippen LogP contribution in [-0.2, 0) is 6.18 Å². The number of hydrogen-bond acceptors (Lipinski definition) is 2. The predicted molar refractivity (Wildman–Crippen MR) is 74.2 cm³/mol. The van der Waals surface area contributed by atoms with Gasteiger partial charge >= 0.3 is 6.18 Å². The van der Waals surface area contributed by atoms with E-state index in [-0.39, 0.29) is 16.6 Å². The minimum Gasteiger partial charge on any atom is -0.454 e. The van der Waals surface area contributed by atoms with Crippen LogP contribution in [0.1, 0.15) is 11.1 Å². The highest BCUT2D eigenvalue weighted by molar-refractivity contribution is 6.29. The minimum absolute atomic E-state index is 0.0590. The Hall–Kier alpha value is -2.01. The molecule has 108 valence electrons. The molecule has 0 atom stereocenters. The van der Waals surface area contributed by atoms with E-state index in [0.29, 0.717) is 5.58 Å². The van der Waals surface area contributed by atoms with Crippen molar-refractivity contribution in [2.24, 2.45) is 0 Å². The Morgan fingerprint density at radius 3 is 2.57 bits per heavy atom. The lowest BCUT2D eigenvalue weighted by atomic mass is 10.1. The molecule has 0 aliphatic heterocycles. The van der Waals surface area contributed by atoms with Crippen molar-refractivity contribution in [2.45, 2.75) is 13.1 Å². The molecule has 0 radical (unpaired) electrons. The molecule has 0 unspecified atom stereocenters. The average Bonchev–Trinajstić information content (AvgIpc) is 2.80. The van der Waals surface area contributed by atoms with Crippen molar-refractivity contribution < 1.29 is 17.6 Å². The van der Waals surface area contributed by atoms with E-state index in [2.05, 4.69) is 4.98 Å². The van der Waals surface area contributed by atoms with Crippen LogP contribution >= 0.6 is 11.6 Å². The molecule has 0 aliphatic rings. The molecule has 0 saturated carbocycles. The first-order chi connectivity index (χ1) is 9.83. The van der Waals surface area contributed by atoms with Gasteiger partial charge in [-0.25, -0.2) is 4.98 Å². The second-order valence-corrected chi connectivity index (χ2v) is 5.10. The van der Waals surface area contributed by atoms with Gasteiger partial charge in [0.15, 0.2) is 5.76 Å². The Labute approximate surface area is 123 Å². The van der Waals surface area contributed by atoms with Gasteiger partial charge in [-0.1, -0.05) is 23.2 Å². The van der Waals surface area contributed by atoms with Gasteiger partial charge in [-0.2, -0.15) is 13.2 Å². The maximum atomic E-state index is 12.8. The number of aromatic nitrogens is 1. The molecule has 2 nitrogen and oxygen atoms in total. The van der Waals surface area contributed by atoms with E-state index in [4.69, 9.17) is 16.0 Å². The number of hydrogen-bond donors (Lipinski definition) is 0. The number of halogens is 4. The van der Waals surface area contributed by atoms with E-state index in [0.717, 1.165) is 23.1 Å². The molecule has 3 rings (SSSR count). The summed E-state index contributed by atoms with van der Waals surface area (Å²) in [6.07, 6.45) is -4.48. The number of alkyl halides is 3. The predicted octanol–water partition coefficient (Wildman–Crippen LogP) is 5.48. The van der Waals surface area contributed by atoms with Gasteiger partial charge < -0.3 is 4.42 Å². The van der Waals surface area contributed by atoms with E-state index >= 15 is 0 Å².